The number of ether oxygens (including phenoxy) is 4. The number of carbonyl (C=O) groups excluding carboxylic acids is 4. The van der Waals surface area contributed by atoms with Crippen LogP contribution in [0.1, 0.15) is 19.8 Å². The molecule has 0 heterocycles. The zero-order valence-corrected chi connectivity index (χ0v) is 14.9. The third kappa shape index (κ3) is 9.41. The molecule has 0 aromatic rings. The van der Waals surface area contributed by atoms with E-state index in [4.69, 9.17) is 14.2 Å². The molecule has 0 bridgehead atoms. The molecule has 144 valence electrons. The Balaban J connectivity index is 4.76. The summed E-state index contributed by atoms with van der Waals surface area (Å²) >= 11 is 0. The van der Waals surface area contributed by atoms with Crippen LogP contribution in [-0.2, 0) is 38.1 Å². The molecule has 0 rings (SSSR count). The molecule has 0 amide bonds. The normalized spacial score (nSPS) is 10.2. The molecule has 0 aromatic carbocycles. The van der Waals surface area contributed by atoms with Gasteiger partial charge in [0.25, 0.3) is 0 Å². The van der Waals surface area contributed by atoms with E-state index in [1.54, 1.807) is 6.92 Å². The van der Waals surface area contributed by atoms with Gasteiger partial charge in [-0.3, -0.25) is 4.79 Å². The molecule has 0 aliphatic carbocycles. The van der Waals surface area contributed by atoms with Crippen molar-refractivity contribution in [1.29, 1.82) is 0 Å². The first-order valence-corrected chi connectivity index (χ1v) is 7.85. The van der Waals surface area contributed by atoms with Crippen LogP contribution >= 0.6 is 0 Å². The van der Waals surface area contributed by atoms with Crippen molar-refractivity contribution in [1.82, 2.24) is 0 Å². The molecule has 0 radical (unpaired) electrons. The molecular formula is C18H24O8. The molecule has 0 spiro atoms. The van der Waals surface area contributed by atoms with E-state index < -0.39 is 29.3 Å². The zero-order valence-electron chi connectivity index (χ0n) is 14.9. The lowest BCUT2D eigenvalue weighted by atomic mass is 9.88. The molecule has 0 unspecified atom stereocenters. The minimum atomic E-state index is -0.926. The summed E-state index contributed by atoms with van der Waals surface area (Å²) in [4.78, 5) is 45.3. The summed E-state index contributed by atoms with van der Waals surface area (Å²) in [7, 11) is 0. The number of hydrogen-bond acceptors (Lipinski definition) is 8. The first-order chi connectivity index (χ1) is 12.3. The van der Waals surface area contributed by atoms with Crippen molar-refractivity contribution >= 4 is 23.9 Å². The predicted molar refractivity (Wildman–Crippen MR) is 91.8 cm³/mol. The molecule has 26 heavy (non-hydrogen) atoms. The van der Waals surface area contributed by atoms with Gasteiger partial charge in [-0.1, -0.05) is 26.7 Å². The summed E-state index contributed by atoms with van der Waals surface area (Å²) in [6.45, 7) is 11.0. The number of carbonyl (C=O) groups is 4. The summed E-state index contributed by atoms with van der Waals surface area (Å²) < 4.78 is 19.9. The molecule has 0 atom stereocenters. The highest BCUT2D eigenvalue weighted by Gasteiger charge is 2.33. The van der Waals surface area contributed by atoms with Gasteiger partial charge in [-0.25, -0.2) is 14.4 Å². The Morgan fingerprint density at radius 1 is 0.769 bits per heavy atom. The third-order valence-electron chi connectivity index (χ3n) is 3.38. The fourth-order valence-corrected chi connectivity index (χ4v) is 1.60. The Morgan fingerprint density at radius 2 is 1.19 bits per heavy atom. The largest absolute Gasteiger partial charge is 0.465 e. The summed E-state index contributed by atoms with van der Waals surface area (Å²) in [5.74, 6) is -2.57. The van der Waals surface area contributed by atoms with E-state index in [0.29, 0.717) is 6.42 Å². The van der Waals surface area contributed by atoms with Gasteiger partial charge in [0, 0.05) is 18.2 Å². The van der Waals surface area contributed by atoms with Crippen LogP contribution in [0, 0.1) is 5.41 Å². The lowest BCUT2D eigenvalue weighted by Crippen LogP contribution is -2.39. The molecule has 0 aliphatic heterocycles. The fraction of sp³-hybridized carbons (Fsp3) is 0.444. The van der Waals surface area contributed by atoms with E-state index in [9.17, 15) is 19.2 Å². The van der Waals surface area contributed by atoms with Crippen molar-refractivity contribution in [3.63, 3.8) is 0 Å². The Labute approximate surface area is 152 Å². The Bertz CT molecular complexity index is 525. The SMILES string of the molecule is C=CC(=O)OCCC(=O)OCC(CC)(COC(=O)C=C)COC(=O)C=C. The Kier molecular flexibility index (Phi) is 11.1. The van der Waals surface area contributed by atoms with E-state index in [0.717, 1.165) is 18.2 Å². The molecule has 0 aromatic heterocycles. The van der Waals surface area contributed by atoms with E-state index in [1.165, 1.54) is 0 Å². The van der Waals surface area contributed by atoms with E-state index in [-0.39, 0.29) is 32.8 Å². The van der Waals surface area contributed by atoms with Gasteiger partial charge in [0.05, 0.1) is 11.8 Å². The fourth-order valence-electron chi connectivity index (χ4n) is 1.60. The van der Waals surface area contributed by atoms with Crippen molar-refractivity contribution in [2.75, 3.05) is 26.4 Å². The average molecular weight is 368 g/mol. The highest BCUT2D eigenvalue weighted by Crippen LogP contribution is 2.24. The quantitative estimate of drug-likeness (QED) is 0.274. The standard InChI is InChI=1S/C18H24O8/c1-5-14(19)23-10-9-17(22)26-13-18(8-4,11-24-15(20)6-2)12-25-16(21)7-3/h5-7H,1-3,8-13H2,4H3. The van der Waals surface area contributed by atoms with Crippen molar-refractivity contribution in [3.05, 3.63) is 38.0 Å². The van der Waals surface area contributed by atoms with Crippen molar-refractivity contribution in [2.24, 2.45) is 5.41 Å². The van der Waals surface area contributed by atoms with Crippen LogP contribution in [0.4, 0.5) is 0 Å². The molecule has 0 N–H and O–H groups in total. The minimum Gasteiger partial charge on any atom is -0.465 e. The highest BCUT2D eigenvalue weighted by atomic mass is 16.6. The van der Waals surface area contributed by atoms with Gasteiger partial charge in [0.2, 0.25) is 0 Å². The number of rotatable bonds is 13. The summed E-state index contributed by atoms with van der Waals surface area (Å²) in [6, 6.07) is 0. The molecule has 0 saturated carbocycles. The minimum absolute atomic E-state index is 0.141. The lowest BCUT2D eigenvalue weighted by Gasteiger charge is -2.30. The van der Waals surface area contributed by atoms with Crippen LogP contribution in [0.15, 0.2) is 38.0 Å². The summed E-state index contributed by atoms with van der Waals surface area (Å²) in [6.07, 6.45) is 3.21. The average Bonchev–Trinajstić information content (AvgIpc) is 2.66. The van der Waals surface area contributed by atoms with Crippen LogP contribution in [0.3, 0.4) is 0 Å². The van der Waals surface area contributed by atoms with Gasteiger partial charge < -0.3 is 18.9 Å². The third-order valence-corrected chi connectivity index (χ3v) is 3.38. The van der Waals surface area contributed by atoms with Gasteiger partial charge in [0.1, 0.15) is 26.4 Å². The maximum absolute atomic E-state index is 11.8. The Hall–Kier alpha value is -2.90. The first-order valence-electron chi connectivity index (χ1n) is 7.85. The van der Waals surface area contributed by atoms with Crippen LogP contribution in [0.2, 0.25) is 0 Å². The molecule has 0 fully saturated rings. The molecular weight excluding hydrogens is 344 g/mol. The molecule has 8 heteroatoms. The van der Waals surface area contributed by atoms with E-state index >= 15 is 0 Å². The van der Waals surface area contributed by atoms with Gasteiger partial charge >= 0.3 is 23.9 Å². The second kappa shape index (κ2) is 12.5. The van der Waals surface area contributed by atoms with E-state index in [2.05, 4.69) is 24.5 Å². The molecule has 0 aliphatic rings. The summed E-state index contributed by atoms with van der Waals surface area (Å²) in [5, 5.41) is 0. The van der Waals surface area contributed by atoms with Gasteiger partial charge in [-0.15, -0.1) is 0 Å². The Morgan fingerprint density at radius 3 is 1.62 bits per heavy atom. The van der Waals surface area contributed by atoms with Crippen LogP contribution in [0.25, 0.3) is 0 Å². The molecule has 8 nitrogen and oxygen atoms in total. The molecule has 0 saturated heterocycles. The van der Waals surface area contributed by atoms with Crippen LogP contribution in [-0.4, -0.2) is 50.3 Å². The monoisotopic (exact) mass is 368 g/mol. The van der Waals surface area contributed by atoms with Crippen molar-refractivity contribution in [2.45, 2.75) is 19.8 Å². The van der Waals surface area contributed by atoms with Crippen LogP contribution < -0.4 is 0 Å². The smallest absolute Gasteiger partial charge is 0.330 e. The van der Waals surface area contributed by atoms with Gasteiger partial charge in [-0.2, -0.15) is 0 Å². The van der Waals surface area contributed by atoms with E-state index in [1.807, 2.05) is 0 Å². The number of esters is 4. The first kappa shape index (κ1) is 23.1. The summed E-state index contributed by atoms with van der Waals surface area (Å²) in [5.41, 5.74) is -0.926. The number of hydrogen-bond donors (Lipinski definition) is 0. The topological polar surface area (TPSA) is 105 Å². The maximum Gasteiger partial charge on any atom is 0.330 e. The van der Waals surface area contributed by atoms with Gasteiger partial charge in [0.15, 0.2) is 0 Å². The maximum atomic E-state index is 11.8. The predicted octanol–water partition coefficient (Wildman–Crippen LogP) is 1.50. The van der Waals surface area contributed by atoms with Crippen molar-refractivity contribution < 1.29 is 38.1 Å². The highest BCUT2D eigenvalue weighted by molar-refractivity contribution is 5.82. The van der Waals surface area contributed by atoms with Crippen molar-refractivity contribution in [3.8, 4) is 0 Å². The lowest BCUT2D eigenvalue weighted by molar-refractivity contribution is -0.159. The van der Waals surface area contributed by atoms with Gasteiger partial charge in [-0.05, 0) is 6.42 Å². The second-order valence-corrected chi connectivity index (χ2v) is 5.26. The zero-order chi connectivity index (χ0) is 20.0. The second-order valence-electron chi connectivity index (χ2n) is 5.26. The van der Waals surface area contributed by atoms with Crippen LogP contribution in [0.5, 0.6) is 0 Å².